The number of halogens is 1. The van der Waals surface area contributed by atoms with Crippen molar-refractivity contribution in [1.29, 1.82) is 0 Å². The molecule has 1 aromatic carbocycles. The average Bonchev–Trinajstić information content (AvgIpc) is 2.55. The Balaban J connectivity index is 1.87. The zero-order chi connectivity index (χ0) is 16.7. The lowest BCUT2D eigenvalue weighted by molar-refractivity contribution is -0.121. The Kier molecular flexibility index (Phi) is 6.29. The van der Waals surface area contributed by atoms with Gasteiger partial charge >= 0.3 is 0 Å². The Morgan fingerprint density at radius 2 is 1.96 bits per heavy atom. The van der Waals surface area contributed by atoms with E-state index in [0.717, 1.165) is 15.7 Å². The summed E-state index contributed by atoms with van der Waals surface area (Å²) in [6.45, 7) is 2.27. The molecule has 0 bridgehead atoms. The number of hydrogen-bond acceptors (Lipinski definition) is 3. The maximum Gasteiger partial charge on any atom is 0.223 e. The summed E-state index contributed by atoms with van der Waals surface area (Å²) >= 11 is 3.36. The van der Waals surface area contributed by atoms with Crippen LogP contribution in [0.4, 0.5) is 5.69 Å². The predicted octanol–water partition coefficient (Wildman–Crippen LogP) is 2.90. The van der Waals surface area contributed by atoms with Gasteiger partial charge in [0.2, 0.25) is 11.8 Å². The van der Waals surface area contributed by atoms with Crippen LogP contribution in [0, 0.1) is 0 Å². The Morgan fingerprint density at radius 3 is 2.57 bits per heavy atom. The van der Waals surface area contributed by atoms with Crippen molar-refractivity contribution in [3.05, 3.63) is 58.8 Å². The molecule has 0 spiro atoms. The van der Waals surface area contributed by atoms with Crippen molar-refractivity contribution in [1.82, 2.24) is 10.3 Å². The summed E-state index contributed by atoms with van der Waals surface area (Å²) in [6.07, 6.45) is 3.65. The normalized spacial score (nSPS) is 10.2. The monoisotopic (exact) mass is 375 g/mol. The summed E-state index contributed by atoms with van der Waals surface area (Å²) in [5, 5.41) is 2.83. The van der Waals surface area contributed by atoms with E-state index in [1.807, 2.05) is 36.4 Å². The van der Waals surface area contributed by atoms with Crippen LogP contribution in [0.2, 0.25) is 0 Å². The molecular formula is C17H18BrN3O2. The first kappa shape index (κ1) is 17.1. The molecule has 0 atom stereocenters. The van der Waals surface area contributed by atoms with Gasteiger partial charge in [0.05, 0.1) is 0 Å². The van der Waals surface area contributed by atoms with E-state index >= 15 is 0 Å². The predicted molar refractivity (Wildman–Crippen MR) is 92.9 cm³/mol. The lowest BCUT2D eigenvalue weighted by atomic mass is 10.2. The van der Waals surface area contributed by atoms with Crippen LogP contribution < -0.4 is 10.2 Å². The second kappa shape index (κ2) is 8.43. The van der Waals surface area contributed by atoms with E-state index < -0.39 is 0 Å². The molecule has 0 aliphatic rings. The molecule has 0 aliphatic carbocycles. The van der Waals surface area contributed by atoms with Gasteiger partial charge in [-0.15, -0.1) is 0 Å². The van der Waals surface area contributed by atoms with Gasteiger partial charge in [-0.2, -0.15) is 0 Å². The van der Waals surface area contributed by atoms with Crippen molar-refractivity contribution < 1.29 is 9.59 Å². The molecule has 2 amide bonds. The summed E-state index contributed by atoms with van der Waals surface area (Å²) in [5.41, 5.74) is 1.72. The van der Waals surface area contributed by atoms with Crippen molar-refractivity contribution in [2.24, 2.45) is 0 Å². The summed E-state index contributed by atoms with van der Waals surface area (Å²) in [7, 11) is 0. The van der Waals surface area contributed by atoms with E-state index in [9.17, 15) is 9.59 Å². The number of carbonyl (C=O) groups excluding carboxylic acids is 2. The lowest BCUT2D eigenvalue weighted by Gasteiger charge is -2.21. The summed E-state index contributed by atoms with van der Waals surface area (Å²) in [5.74, 6) is -0.190. The van der Waals surface area contributed by atoms with Crippen molar-refractivity contribution in [3.63, 3.8) is 0 Å². The van der Waals surface area contributed by atoms with Crippen molar-refractivity contribution in [2.75, 3.05) is 11.4 Å². The highest BCUT2D eigenvalue weighted by molar-refractivity contribution is 9.10. The number of anilines is 1. The molecule has 23 heavy (non-hydrogen) atoms. The fraction of sp³-hybridized carbons (Fsp3) is 0.235. The van der Waals surface area contributed by atoms with Gasteiger partial charge < -0.3 is 10.2 Å². The molecule has 0 saturated heterocycles. The van der Waals surface area contributed by atoms with Gasteiger partial charge in [-0.05, 0) is 35.9 Å². The number of hydrogen-bond donors (Lipinski definition) is 1. The maximum atomic E-state index is 12.0. The molecule has 0 saturated carbocycles. The van der Waals surface area contributed by atoms with E-state index in [2.05, 4.69) is 26.2 Å². The second-order valence-electron chi connectivity index (χ2n) is 5.04. The maximum absolute atomic E-state index is 12.0. The number of nitrogens with zero attached hydrogens (tertiary/aromatic N) is 2. The van der Waals surface area contributed by atoms with Crippen LogP contribution in [-0.2, 0) is 16.1 Å². The molecule has 0 radical (unpaired) electrons. The summed E-state index contributed by atoms with van der Waals surface area (Å²) in [4.78, 5) is 29.3. The molecule has 0 aliphatic heterocycles. The van der Waals surface area contributed by atoms with Crippen LogP contribution >= 0.6 is 15.9 Å². The van der Waals surface area contributed by atoms with Crippen molar-refractivity contribution >= 4 is 33.4 Å². The molecular weight excluding hydrogens is 358 g/mol. The zero-order valence-corrected chi connectivity index (χ0v) is 14.4. The fourth-order valence-corrected chi connectivity index (χ4v) is 2.36. The third kappa shape index (κ3) is 5.49. The Labute approximate surface area is 143 Å². The molecule has 2 aromatic rings. The fourth-order valence-electron chi connectivity index (χ4n) is 2.09. The number of carbonyl (C=O) groups is 2. The van der Waals surface area contributed by atoms with Crippen molar-refractivity contribution in [2.45, 2.75) is 19.9 Å². The minimum Gasteiger partial charge on any atom is -0.352 e. The number of aromatic nitrogens is 1. The first-order chi connectivity index (χ1) is 11.1. The number of pyridine rings is 1. The van der Waals surface area contributed by atoms with Gasteiger partial charge in [0.1, 0.15) is 0 Å². The second-order valence-corrected chi connectivity index (χ2v) is 5.95. The first-order valence-corrected chi connectivity index (χ1v) is 8.05. The summed E-state index contributed by atoms with van der Waals surface area (Å²) in [6, 6.07) is 11.2. The van der Waals surface area contributed by atoms with Gasteiger partial charge in [0.15, 0.2) is 0 Å². The third-order valence-corrected chi connectivity index (χ3v) is 3.82. The SMILES string of the molecule is CC(=O)N(CCC(=O)NCc1cccnc1)c1ccc(Br)cc1. The van der Waals surface area contributed by atoms with E-state index in [-0.39, 0.29) is 18.2 Å². The molecule has 6 heteroatoms. The molecule has 1 heterocycles. The van der Waals surface area contributed by atoms with Crippen LogP contribution in [0.3, 0.4) is 0 Å². The highest BCUT2D eigenvalue weighted by Gasteiger charge is 2.13. The van der Waals surface area contributed by atoms with Crippen LogP contribution in [-0.4, -0.2) is 23.3 Å². The molecule has 120 valence electrons. The van der Waals surface area contributed by atoms with E-state index in [1.54, 1.807) is 17.3 Å². The molecule has 0 fully saturated rings. The van der Waals surface area contributed by atoms with Gasteiger partial charge in [-0.3, -0.25) is 14.6 Å². The minimum absolute atomic E-state index is 0.0904. The molecule has 2 rings (SSSR count). The number of nitrogens with one attached hydrogen (secondary N) is 1. The van der Waals surface area contributed by atoms with Gasteiger partial charge in [0.25, 0.3) is 0 Å². The number of rotatable bonds is 6. The minimum atomic E-state index is -0.0998. The Bertz CT molecular complexity index is 659. The lowest BCUT2D eigenvalue weighted by Crippen LogP contribution is -2.33. The van der Waals surface area contributed by atoms with Crippen LogP contribution in [0.1, 0.15) is 18.9 Å². The largest absolute Gasteiger partial charge is 0.352 e. The Morgan fingerprint density at radius 1 is 1.22 bits per heavy atom. The highest BCUT2D eigenvalue weighted by atomic mass is 79.9. The quantitative estimate of drug-likeness (QED) is 0.843. The number of amides is 2. The Hall–Kier alpha value is -2.21. The van der Waals surface area contributed by atoms with Gasteiger partial charge in [-0.25, -0.2) is 0 Å². The van der Waals surface area contributed by atoms with Gasteiger partial charge in [0, 0.05) is 49.0 Å². The zero-order valence-electron chi connectivity index (χ0n) is 12.8. The smallest absolute Gasteiger partial charge is 0.223 e. The highest BCUT2D eigenvalue weighted by Crippen LogP contribution is 2.18. The van der Waals surface area contributed by atoms with E-state index in [4.69, 9.17) is 0 Å². The molecule has 1 aromatic heterocycles. The van der Waals surface area contributed by atoms with Crippen LogP contribution in [0.15, 0.2) is 53.3 Å². The average molecular weight is 376 g/mol. The third-order valence-electron chi connectivity index (χ3n) is 3.29. The standard InChI is InChI=1S/C17H18BrN3O2/c1-13(22)21(16-6-4-15(18)5-7-16)10-8-17(23)20-12-14-3-2-9-19-11-14/h2-7,9,11H,8,10,12H2,1H3,(H,20,23). The van der Waals surface area contributed by atoms with Gasteiger partial charge in [-0.1, -0.05) is 22.0 Å². The number of benzene rings is 1. The molecule has 5 nitrogen and oxygen atoms in total. The van der Waals surface area contributed by atoms with Crippen LogP contribution in [0.25, 0.3) is 0 Å². The van der Waals surface area contributed by atoms with Crippen molar-refractivity contribution in [3.8, 4) is 0 Å². The van der Waals surface area contributed by atoms with Crippen LogP contribution in [0.5, 0.6) is 0 Å². The molecule has 0 unspecified atom stereocenters. The first-order valence-electron chi connectivity index (χ1n) is 7.25. The summed E-state index contributed by atoms with van der Waals surface area (Å²) < 4.78 is 0.943. The topological polar surface area (TPSA) is 62.3 Å². The molecule has 1 N–H and O–H groups in total. The van der Waals surface area contributed by atoms with E-state index in [1.165, 1.54) is 6.92 Å². The van der Waals surface area contributed by atoms with E-state index in [0.29, 0.717) is 13.1 Å².